The van der Waals surface area contributed by atoms with Crippen molar-refractivity contribution in [1.82, 2.24) is 9.88 Å². The average molecular weight is 300 g/mol. The molecule has 0 radical (unpaired) electrons. The molecule has 1 amide bonds. The fourth-order valence-corrected chi connectivity index (χ4v) is 3.19. The lowest BCUT2D eigenvalue weighted by molar-refractivity contribution is -0.121. The smallest absolute Gasteiger partial charge is 0.265 e. The Hall–Kier alpha value is -1.72. The predicted octanol–water partition coefficient (Wildman–Crippen LogP) is 3.37. The molecule has 0 unspecified atom stereocenters. The van der Waals surface area contributed by atoms with Crippen molar-refractivity contribution in [1.29, 1.82) is 0 Å². The van der Waals surface area contributed by atoms with Gasteiger partial charge in [0, 0.05) is 12.4 Å². The Bertz CT molecular complexity index is 768. The summed E-state index contributed by atoms with van der Waals surface area (Å²) in [5.74, 6) is -0.0641. The summed E-state index contributed by atoms with van der Waals surface area (Å²) in [7, 11) is 1.69. The SMILES string of the molecule is Cc1ccc2nc(/C=C3/SC(=S)N(C)C3=O)ccc2c1. The lowest BCUT2D eigenvalue weighted by Crippen LogP contribution is -2.22. The monoisotopic (exact) mass is 300 g/mol. The van der Waals surface area contributed by atoms with Gasteiger partial charge in [-0.1, -0.05) is 41.7 Å². The summed E-state index contributed by atoms with van der Waals surface area (Å²) in [6.07, 6.45) is 1.79. The number of thiocarbonyl (C=S) groups is 1. The number of nitrogens with zero attached hydrogens (tertiary/aromatic N) is 2. The number of thioether (sulfide) groups is 1. The molecule has 0 atom stereocenters. The van der Waals surface area contributed by atoms with Crippen LogP contribution in [0.2, 0.25) is 0 Å². The van der Waals surface area contributed by atoms with E-state index in [-0.39, 0.29) is 5.91 Å². The third-order valence-electron chi connectivity index (χ3n) is 3.13. The molecule has 1 aromatic carbocycles. The topological polar surface area (TPSA) is 33.2 Å². The van der Waals surface area contributed by atoms with E-state index >= 15 is 0 Å². The highest BCUT2D eigenvalue weighted by Gasteiger charge is 2.28. The molecular formula is C15H12N2OS2. The summed E-state index contributed by atoms with van der Waals surface area (Å²) in [4.78, 5) is 18.6. The second kappa shape index (κ2) is 5.00. The minimum atomic E-state index is -0.0641. The van der Waals surface area contributed by atoms with Crippen LogP contribution in [-0.2, 0) is 4.79 Å². The van der Waals surface area contributed by atoms with E-state index in [9.17, 15) is 4.79 Å². The zero-order valence-electron chi connectivity index (χ0n) is 11.1. The Morgan fingerprint density at radius 1 is 1.30 bits per heavy atom. The second-order valence-electron chi connectivity index (χ2n) is 4.67. The van der Waals surface area contributed by atoms with Crippen LogP contribution in [0.1, 0.15) is 11.3 Å². The summed E-state index contributed by atoms with van der Waals surface area (Å²) >= 11 is 6.42. The Morgan fingerprint density at radius 2 is 2.10 bits per heavy atom. The fraction of sp³-hybridized carbons (Fsp3) is 0.133. The van der Waals surface area contributed by atoms with Gasteiger partial charge >= 0.3 is 0 Å². The van der Waals surface area contributed by atoms with Crippen LogP contribution in [0.25, 0.3) is 17.0 Å². The lowest BCUT2D eigenvalue weighted by Gasteiger charge is -2.03. The van der Waals surface area contributed by atoms with Gasteiger partial charge in [-0.05, 0) is 31.2 Å². The number of aromatic nitrogens is 1. The maximum Gasteiger partial charge on any atom is 0.265 e. The van der Waals surface area contributed by atoms with Crippen molar-refractivity contribution in [3.63, 3.8) is 0 Å². The molecule has 2 aromatic rings. The largest absolute Gasteiger partial charge is 0.296 e. The number of carbonyl (C=O) groups excluding carboxylic acids is 1. The van der Waals surface area contributed by atoms with Crippen molar-refractivity contribution in [2.45, 2.75) is 6.92 Å². The molecule has 2 heterocycles. The molecule has 20 heavy (non-hydrogen) atoms. The molecule has 5 heteroatoms. The second-order valence-corrected chi connectivity index (χ2v) is 6.35. The number of hydrogen-bond donors (Lipinski definition) is 0. The molecule has 0 spiro atoms. The van der Waals surface area contributed by atoms with Crippen molar-refractivity contribution < 1.29 is 4.79 Å². The number of likely N-dealkylation sites (N-methyl/N-ethyl adjacent to an activating group) is 1. The van der Waals surface area contributed by atoms with Crippen molar-refractivity contribution in [2.75, 3.05) is 7.05 Å². The average Bonchev–Trinajstić information content (AvgIpc) is 2.66. The third-order valence-corrected chi connectivity index (χ3v) is 4.62. The highest BCUT2D eigenvalue weighted by Crippen LogP contribution is 2.31. The van der Waals surface area contributed by atoms with Gasteiger partial charge in [0.1, 0.15) is 4.32 Å². The number of hydrogen-bond acceptors (Lipinski definition) is 4. The van der Waals surface area contributed by atoms with Gasteiger partial charge < -0.3 is 0 Å². The molecule has 1 aromatic heterocycles. The zero-order valence-corrected chi connectivity index (χ0v) is 12.7. The van der Waals surface area contributed by atoms with Crippen LogP contribution in [0, 0.1) is 6.92 Å². The molecule has 1 aliphatic rings. The molecule has 1 aliphatic heterocycles. The summed E-state index contributed by atoms with van der Waals surface area (Å²) in [6, 6.07) is 10.1. The molecular weight excluding hydrogens is 288 g/mol. The first kappa shape index (κ1) is 13.3. The lowest BCUT2D eigenvalue weighted by atomic mass is 10.1. The molecule has 3 nitrogen and oxygen atoms in total. The van der Waals surface area contributed by atoms with E-state index < -0.39 is 0 Å². The van der Waals surface area contributed by atoms with Gasteiger partial charge in [-0.2, -0.15) is 0 Å². The number of carbonyl (C=O) groups is 1. The van der Waals surface area contributed by atoms with Gasteiger partial charge in [-0.3, -0.25) is 9.69 Å². The normalized spacial score (nSPS) is 17.5. The molecule has 0 aliphatic carbocycles. The Balaban J connectivity index is 2.01. The van der Waals surface area contributed by atoms with Gasteiger partial charge in [0.25, 0.3) is 5.91 Å². The number of amides is 1. The van der Waals surface area contributed by atoms with E-state index in [1.54, 1.807) is 13.1 Å². The minimum absolute atomic E-state index is 0.0641. The van der Waals surface area contributed by atoms with Crippen LogP contribution in [0.3, 0.4) is 0 Å². The van der Waals surface area contributed by atoms with E-state index in [1.807, 2.05) is 24.3 Å². The van der Waals surface area contributed by atoms with E-state index in [1.165, 1.54) is 22.2 Å². The van der Waals surface area contributed by atoms with Crippen LogP contribution in [-0.4, -0.2) is 27.2 Å². The van der Waals surface area contributed by atoms with E-state index in [4.69, 9.17) is 12.2 Å². The van der Waals surface area contributed by atoms with Crippen molar-refractivity contribution in [3.8, 4) is 0 Å². The van der Waals surface area contributed by atoms with E-state index in [2.05, 4.69) is 18.0 Å². The van der Waals surface area contributed by atoms with Crippen molar-refractivity contribution in [2.24, 2.45) is 0 Å². The number of rotatable bonds is 1. The Kier molecular flexibility index (Phi) is 3.31. The molecule has 3 rings (SSSR count). The van der Waals surface area contributed by atoms with Gasteiger partial charge in [0.05, 0.1) is 16.1 Å². The molecule has 100 valence electrons. The number of benzene rings is 1. The minimum Gasteiger partial charge on any atom is -0.296 e. The van der Waals surface area contributed by atoms with Gasteiger partial charge in [0.2, 0.25) is 0 Å². The summed E-state index contributed by atoms with van der Waals surface area (Å²) in [5.41, 5.74) is 2.91. The number of fused-ring (bicyclic) bond motifs is 1. The first-order valence-electron chi connectivity index (χ1n) is 6.13. The quantitative estimate of drug-likeness (QED) is 0.597. The van der Waals surface area contributed by atoms with Crippen LogP contribution in [0.5, 0.6) is 0 Å². The van der Waals surface area contributed by atoms with Gasteiger partial charge in [-0.15, -0.1) is 0 Å². The summed E-state index contributed by atoms with van der Waals surface area (Å²) in [5, 5.41) is 1.10. The van der Waals surface area contributed by atoms with Gasteiger partial charge in [0.15, 0.2) is 0 Å². The first-order chi connectivity index (χ1) is 9.54. The number of pyridine rings is 1. The van der Waals surface area contributed by atoms with Crippen LogP contribution in [0.4, 0.5) is 0 Å². The van der Waals surface area contributed by atoms with E-state index in [0.717, 1.165) is 16.6 Å². The maximum atomic E-state index is 11.9. The highest BCUT2D eigenvalue weighted by atomic mass is 32.2. The Morgan fingerprint density at radius 3 is 2.80 bits per heavy atom. The van der Waals surface area contributed by atoms with E-state index in [0.29, 0.717) is 9.23 Å². The van der Waals surface area contributed by atoms with Crippen molar-refractivity contribution >= 4 is 51.2 Å². The molecule has 0 N–H and O–H groups in total. The van der Waals surface area contributed by atoms with Crippen LogP contribution >= 0.6 is 24.0 Å². The highest BCUT2D eigenvalue weighted by molar-refractivity contribution is 8.26. The fourth-order valence-electron chi connectivity index (χ4n) is 2.02. The van der Waals surface area contributed by atoms with Crippen LogP contribution in [0.15, 0.2) is 35.2 Å². The maximum absolute atomic E-state index is 11.9. The first-order valence-corrected chi connectivity index (χ1v) is 7.36. The molecule has 1 saturated heterocycles. The molecule has 1 fully saturated rings. The number of aryl methyl sites for hydroxylation is 1. The predicted molar refractivity (Wildman–Crippen MR) is 87.4 cm³/mol. The molecule has 0 bridgehead atoms. The summed E-state index contributed by atoms with van der Waals surface area (Å²) in [6.45, 7) is 2.06. The summed E-state index contributed by atoms with van der Waals surface area (Å²) < 4.78 is 0.581. The molecule has 0 saturated carbocycles. The van der Waals surface area contributed by atoms with Crippen molar-refractivity contribution in [3.05, 3.63) is 46.5 Å². The Labute approximate surface area is 126 Å². The zero-order chi connectivity index (χ0) is 14.3. The van der Waals surface area contributed by atoms with Gasteiger partial charge in [-0.25, -0.2) is 4.98 Å². The van der Waals surface area contributed by atoms with Crippen LogP contribution < -0.4 is 0 Å². The third kappa shape index (κ3) is 2.34. The standard InChI is InChI=1S/C15H12N2OS2/c1-9-3-6-12-10(7-9)4-5-11(16-12)8-13-14(18)17(2)15(19)20-13/h3-8H,1-2H3/b13-8+.